The highest BCUT2D eigenvalue weighted by molar-refractivity contribution is 7.92. The Labute approximate surface area is 78.4 Å². The highest BCUT2D eigenvalue weighted by Crippen LogP contribution is 2.06. The van der Waals surface area contributed by atoms with E-state index >= 15 is 0 Å². The number of carbonyl (C=O) groups excluding carboxylic acids is 1. The van der Waals surface area contributed by atoms with Gasteiger partial charge in [-0.25, -0.2) is 8.42 Å². The molecule has 6 heteroatoms. The summed E-state index contributed by atoms with van der Waals surface area (Å²) in [5, 5.41) is -1.12. The van der Waals surface area contributed by atoms with Crippen molar-refractivity contribution in [2.45, 2.75) is 19.1 Å². The first-order chi connectivity index (χ1) is 5.81. The zero-order valence-electron chi connectivity index (χ0n) is 7.86. The maximum absolute atomic E-state index is 11.4. The Morgan fingerprint density at radius 1 is 1.38 bits per heavy atom. The summed E-state index contributed by atoms with van der Waals surface area (Å²) in [5.74, 6) is -1.05. The number of sulfone groups is 1. The van der Waals surface area contributed by atoms with Gasteiger partial charge in [0.1, 0.15) is 5.25 Å². The molecule has 0 aromatic rings. The van der Waals surface area contributed by atoms with Gasteiger partial charge in [0.15, 0.2) is 9.84 Å². The van der Waals surface area contributed by atoms with Crippen molar-refractivity contribution in [1.29, 1.82) is 0 Å². The van der Waals surface area contributed by atoms with Gasteiger partial charge < -0.3 is 11.5 Å². The van der Waals surface area contributed by atoms with Gasteiger partial charge in [-0.05, 0) is 19.4 Å². The Kier molecular flexibility index (Phi) is 4.35. The first kappa shape index (κ1) is 12.4. The van der Waals surface area contributed by atoms with E-state index in [0.717, 1.165) is 0 Å². The van der Waals surface area contributed by atoms with E-state index in [1.54, 1.807) is 6.92 Å². The van der Waals surface area contributed by atoms with E-state index in [4.69, 9.17) is 11.5 Å². The third-order valence-corrected chi connectivity index (χ3v) is 4.20. The van der Waals surface area contributed by atoms with Gasteiger partial charge in [0.05, 0.1) is 5.75 Å². The van der Waals surface area contributed by atoms with Gasteiger partial charge in [-0.2, -0.15) is 0 Å². The number of primary amides is 1. The van der Waals surface area contributed by atoms with Crippen molar-refractivity contribution in [3.05, 3.63) is 0 Å². The Balaban J connectivity index is 4.50. The molecule has 0 rings (SSSR count). The third kappa shape index (κ3) is 3.73. The van der Waals surface area contributed by atoms with Crippen LogP contribution in [-0.4, -0.2) is 31.9 Å². The van der Waals surface area contributed by atoms with Gasteiger partial charge in [-0.3, -0.25) is 4.79 Å². The van der Waals surface area contributed by atoms with Gasteiger partial charge in [0.25, 0.3) is 0 Å². The molecule has 2 unspecified atom stereocenters. The summed E-state index contributed by atoms with van der Waals surface area (Å²) in [6.07, 6.45) is 0. The molecule has 0 radical (unpaired) electrons. The van der Waals surface area contributed by atoms with Crippen LogP contribution in [0, 0.1) is 5.92 Å². The van der Waals surface area contributed by atoms with Gasteiger partial charge in [-0.15, -0.1) is 0 Å². The molecule has 5 nitrogen and oxygen atoms in total. The van der Waals surface area contributed by atoms with Crippen molar-refractivity contribution in [1.82, 2.24) is 0 Å². The lowest BCUT2D eigenvalue weighted by Gasteiger charge is -2.12. The minimum absolute atomic E-state index is 0.0897. The van der Waals surface area contributed by atoms with Crippen LogP contribution in [0.1, 0.15) is 13.8 Å². The highest BCUT2D eigenvalue weighted by atomic mass is 32.2. The summed E-state index contributed by atoms with van der Waals surface area (Å²) in [5.41, 5.74) is 10.2. The molecule has 2 atom stereocenters. The van der Waals surface area contributed by atoms with Crippen LogP contribution in [0.2, 0.25) is 0 Å². The average Bonchev–Trinajstić information content (AvgIpc) is 2.01. The summed E-state index contributed by atoms with van der Waals surface area (Å²) < 4.78 is 22.8. The van der Waals surface area contributed by atoms with E-state index in [1.165, 1.54) is 6.92 Å². The third-order valence-electron chi connectivity index (χ3n) is 1.86. The molecule has 0 aliphatic heterocycles. The van der Waals surface area contributed by atoms with Crippen LogP contribution in [0.15, 0.2) is 0 Å². The molecule has 0 aromatic heterocycles. The van der Waals surface area contributed by atoms with E-state index in [1.807, 2.05) is 0 Å². The molecular formula is C7H16N2O3S. The highest BCUT2D eigenvalue weighted by Gasteiger charge is 2.27. The Hall–Kier alpha value is -0.620. The second-order valence-corrected chi connectivity index (χ2v) is 5.58. The molecule has 13 heavy (non-hydrogen) atoms. The molecule has 4 N–H and O–H groups in total. The molecule has 0 saturated carbocycles. The number of amides is 1. The van der Waals surface area contributed by atoms with Crippen LogP contribution in [0.25, 0.3) is 0 Å². The standard InChI is InChI=1S/C7H16N2O3S/c1-5(3-8)4-13(11,12)6(2)7(9)10/h5-6H,3-4,8H2,1-2H3,(H2,9,10). The van der Waals surface area contributed by atoms with Crippen molar-refractivity contribution >= 4 is 15.7 Å². The van der Waals surface area contributed by atoms with Gasteiger partial charge in [-0.1, -0.05) is 6.92 Å². The molecule has 1 amide bonds. The zero-order chi connectivity index (χ0) is 10.6. The summed E-state index contributed by atoms with van der Waals surface area (Å²) in [6, 6.07) is 0. The van der Waals surface area contributed by atoms with Crippen molar-refractivity contribution in [3.8, 4) is 0 Å². The van der Waals surface area contributed by atoms with Crippen molar-refractivity contribution in [2.75, 3.05) is 12.3 Å². The molecular weight excluding hydrogens is 192 g/mol. The lowest BCUT2D eigenvalue weighted by molar-refractivity contribution is -0.117. The fourth-order valence-electron chi connectivity index (χ4n) is 0.786. The van der Waals surface area contributed by atoms with Crippen molar-refractivity contribution in [2.24, 2.45) is 17.4 Å². The first-order valence-corrected chi connectivity index (χ1v) is 5.73. The normalized spacial score (nSPS) is 16.5. The van der Waals surface area contributed by atoms with E-state index in [2.05, 4.69) is 0 Å². The van der Waals surface area contributed by atoms with Crippen LogP contribution in [0.4, 0.5) is 0 Å². The minimum Gasteiger partial charge on any atom is -0.369 e. The van der Waals surface area contributed by atoms with Gasteiger partial charge in [0.2, 0.25) is 5.91 Å². The monoisotopic (exact) mass is 208 g/mol. The molecule has 0 aliphatic carbocycles. The lowest BCUT2D eigenvalue weighted by Crippen LogP contribution is -2.37. The molecule has 78 valence electrons. The predicted octanol–water partition coefficient (Wildman–Crippen LogP) is -1.13. The van der Waals surface area contributed by atoms with Crippen LogP contribution in [-0.2, 0) is 14.6 Å². The summed E-state index contributed by atoms with van der Waals surface area (Å²) in [4.78, 5) is 10.6. The maximum atomic E-state index is 11.4. The van der Waals surface area contributed by atoms with Gasteiger partial charge in [0, 0.05) is 0 Å². The molecule has 0 fully saturated rings. The van der Waals surface area contributed by atoms with E-state index in [-0.39, 0.29) is 18.2 Å². The smallest absolute Gasteiger partial charge is 0.235 e. The predicted molar refractivity (Wildman–Crippen MR) is 50.7 cm³/mol. The molecule has 0 heterocycles. The molecule has 0 aromatic carbocycles. The average molecular weight is 208 g/mol. The van der Waals surface area contributed by atoms with Gasteiger partial charge >= 0.3 is 0 Å². The number of hydrogen-bond acceptors (Lipinski definition) is 4. The fraction of sp³-hybridized carbons (Fsp3) is 0.857. The summed E-state index contributed by atoms with van der Waals surface area (Å²) >= 11 is 0. The van der Waals surface area contributed by atoms with Crippen molar-refractivity contribution < 1.29 is 13.2 Å². The van der Waals surface area contributed by atoms with Crippen LogP contribution in [0.3, 0.4) is 0 Å². The van der Waals surface area contributed by atoms with E-state index in [9.17, 15) is 13.2 Å². The Bertz CT molecular complexity index is 273. The molecule has 0 aliphatic rings. The number of nitrogens with two attached hydrogens (primary N) is 2. The van der Waals surface area contributed by atoms with Crippen LogP contribution in [0.5, 0.6) is 0 Å². The number of rotatable bonds is 5. The number of carbonyl (C=O) groups is 1. The quantitative estimate of drug-likeness (QED) is 0.596. The fourth-order valence-corrected chi connectivity index (χ4v) is 2.36. The summed E-state index contributed by atoms with van der Waals surface area (Å²) in [6.45, 7) is 3.29. The largest absolute Gasteiger partial charge is 0.369 e. The minimum atomic E-state index is -3.43. The number of hydrogen-bond donors (Lipinski definition) is 2. The van der Waals surface area contributed by atoms with E-state index in [0.29, 0.717) is 0 Å². The van der Waals surface area contributed by atoms with E-state index < -0.39 is 21.0 Å². The van der Waals surface area contributed by atoms with Crippen molar-refractivity contribution in [3.63, 3.8) is 0 Å². The molecule has 0 spiro atoms. The first-order valence-electron chi connectivity index (χ1n) is 4.02. The van der Waals surface area contributed by atoms with Crippen LogP contribution >= 0.6 is 0 Å². The summed E-state index contributed by atoms with van der Waals surface area (Å²) in [7, 11) is -3.43. The zero-order valence-corrected chi connectivity index (χ0v) is 8.67. The lowest BCUT2D eigenvalue weighted by atomic mass is 10.2. The molecule has 0 saturated heterocycles. The Morgan fingerprint density at radius 2 is 1.85 bits per heavy atom. The Morgan fingerprint density at radius 3 is 2.15 bits per heavy atom. The second-order valence-electron chi connectivity index (χ2n) is 3.21. The molecule has 0 bridgehead atoms. The SMILES string of the molecule is CC(CN)CS(=O)(=O)C(C)C(N)=O. The topological polar surface area (TPSA) is 103 Å². The van der Waals surface area contributed by atoms with Crippen LogP contribution < -0.4 is 11.5 Å². The maximum Gasteiger partial charge on any atom is 0.235 e. The second kappa shape index (κ2) is 4.57.